The molecule has 0 bridgehead atoms. The Morgan fingerprint density at radius 1 is 1.29 bits per heavy atom. The number of halogens is 1. The molecule has 17 heavy (non-hydrogen) atoms. The van der Waals surface area contributed by atoms with Gasteiger partial charge in [0.05, 0.1) is 5.69 Å². The lowest BCUT2D eigenvalue weighted by Gasteiger charge is -2.01. The van der Waals surface area contributed by atoms with Crippen molar-refractivity contribution < 1.29 is 24.8 Å². The van der Waals surface area contributed by atoms with E-state index in [9.17, 15) is 0 Å². The normalized spacial score (nSPS) is 9.88. The van der Waals surface area contributed by atoms with Crippen LogP contribution in [0.2, 0.25) is 0 Å². The average molecular weight is 254 g/mol. The summed E-state index contributed by atoms with van der Waals surface area (Å²) < 4.78 is 24.0. The molecular formula is C12H12ClNO3. The predicted molar refractivity (Wildman–Crippen MR) is 57.9 cm³/mol. The molecule has 5 heteroatoms. The summed E-state index contributed by atoms with van der Waals surface area (Å²) in [5, 5.41) is 2.47. The zero-order valence-electron chi connectivity index (χ0n) is 9.04. The Labute approximate surface area is 102 Å². The van der Waals surface area contributed by atoms with Crippen molar-refractivity contribution in [3.05, 3.63) is 54.9 Å². The number of benzene rings is 1. The lowest BCUT2D eigenvalue weighted by atomic mass is 10.1. The maximum absolute atomic E-state index is 8.52. The van der Waals surface area contributed by atoms with Crippen molar-refractivity contribution in [2.75, 3.05) is 0 Å². The van der Waals surface area contributed by atoms with E-state index in [2.05, 4.69) is 23.7 Å². The fourth-order valence-electron chi connectivity index (χ4n) is 1.48. The molecule has 1 aromatic heterocycles. The first-order valence-electron chi connectivity index (χ1n) is 4.83. The highest BCUT2D eigenvalue weighted by molar-refractivity contribution is 5.84. The van der Waals surface area contributed by atoms with Crippen LogP contribution < -0.4 is 9.32 Å². The summed E-state index contributed by atoms with van der Waals surface area (Å²) >= 11 is 0. The SMILES string of the molecule is C=CCc1nccc2ccccc12.[O-][Cl+2]([O-])O. The van der Waals surface area contributed by atoms with E-state index in [1.54, 1.807) is 0 Å². The maximum Gasteiger partial charge on any atom is 0.282 e. The average Bonchev–Trinajstić information content (AvgIpc) is 2.29. The summed E-state index contributed by atoms with van der Waals surface area (Å²) in [6.45, 7) is 3.72. The van der Waals surface area contributed by atoms with Gasteiger partial charge in [0.2, 0.25) is 0 Å². The molecule has 0 aliphatic heterocycles. The van der Waals surface area contributed by atoms with Gasteiger partial charge < -0.3 is 9.32 Å². The lowest BCUT2D eigenvalue weighted by molar-refractivity contribution is -1.63. The number of pyridine rings is 1. The Balaban J connectivity index is 0.000000317. The van der Waals surface area contributed by atoms with Gasteiger partial charge >= 0.3 is 0 Å². The molecular weight excluding hydrogens is 242 g/mol. The highest BCUT2D eigenvalue weighted by Crippen LogP contribution is 2.16. The monoisotopic (exact) mass is 253 g/mol. The third-order valence-electron chi connectivity index (χ3n) is 2.09. The zero-order chi connectivity index (χ0) is 12.7. The number of allylic oxidation sites excluding steroid dienone is 1. The van der Waals surface area contributed by atoms with Crippen LogP contribution in [0, 0.1) is 10.8 Å². The topological polar surface area (TPSA) is 79.2 Å². The van der Waals surface area contributed by atoms with E-state index in [-0.39, 0.29) is 0 Å². The van der Waals surface area contributed by atoms with E-state index in [1.165, 1.54) is 10.8 Å². The molecule has 1 aromatic carbocycles. The van der Waals surface area contributed by atoms with Gasteiger partial charge in [0.25, 0.3) is 10.8 Å². The molecule has 2 rings (SSSR count). The number of hydrogen-bond donors (Lipinski definition) is 1. The molecule has 0 spiro atoms. The molecule has 0 saturated heterocycles. The second-order valence-corrected chi connectivity index (χ2v) is 3.57. The first-order chi connectivity index (χ1) is 8.15. The van der Waals surface area contributed by atoms with Crippen LogP contribution in [0.4, 0.5) is 0 Å². The Morgan fingerprint density at radius 3 is 2.59 bits per heavy atom. The first kappa shape index (κ1) is 13.6. The van der Waals surface area contributed by atoms with Crippen LogP contribution in [-0.2, 0) is 6.42 Å². The van der Waals surface area contributed by atoms with E-state index < -0.39 is 10.8 Å². The number of rotatable bonds is 2. The van der Waals surface area contributed by atoms with Gasteiger partial charge in [0.15, 0.2) is 0 Å². The van der Waals surface area contributed by atoms with Gasteiger partial charge in [-0.05, 0) is 11.5 Å². The molecule has 1 N–H and O–H groups in total. The number of aromatic nitrogens is 1. The van der Waals surface area contributed by atoms with E-state index >= 15 is 0 Å². The highest BCUT2D eigenvalue weighted by atomic mass is 35.6. The fraction of sp³-hybridized carbons (Fsp3) is 0.0833. The van der Waals surface area contributed by atoms with Gasteiger partial charge in [0.1, 0.15) is 0 Å². The van der Waals surface area contributed by atoms with Gasteiger partial charge in [-0.2, -0.15) is 0 Å². The second kappa shape index (κ2) is 6.98. The maximum atomic E-state index is 8.52. The lowest BCUT2D eigenvalue weighted by Crippen LogP contribution is -2.30. The Kier molecular flexibility index (Phi) is 5.59. The van der Waals surface area contributed by atoms with Crippen molar-refractivity contribution in [2.45, 2.75) is 6.42 Å². The Morgan fingerprint density at radius 2 is 1.94 bits per heavy atom. The number of fused-ring (bicyclic) bond motifs is 1. The van der Waals surface area contributed by atoms with E-state index in [4.69, 9.17) is 14.0 Å². The summed E-state index contributed by atoms with van der Waals surface area (Å²) in [5.74, 6) is 0. The Bertz CT molecular complexity index is 480. The molecule has 0 saturated carbocycles. The van der Waals surface area contributed by atoms with Crippen LogP contribution >= 0.6 is 0 Å². The van der Waals surface area contributed by atoms with Crippen molar-refractivity contribution in [1.29, 1.82) is 0 Å². The van der Waals surface area contributed by atoms with Gasteiger partial charge in [0, 0.05) is 22.7 Å². The molecule has 0 radical (unpaired) electrons. The minimum absolute atomic E-state index is 0.835. The van der Waals surface area contributed by atoms with Crippen LogP contribution in [0.15, 0.2) is 49.2 Å². The van der Waals surface area contributed by atoms with Gasteiger partial charge in [-0.25, -0.2) is 0 Å². The van der Waals surface area contributed by atoms with E-state index in [1.807, 2.05) is 30.5 Å². The van der Waals surface area contributed by atoms with E-state index in [0.29, 0.717) is 0 Å². The molecule has 0 unspecified atom stereocenters. The molecule has 0 amide bonds. The van der Waals surface area contributed by atoms with Crippen molar-refractivity contribution >= 4 is 10.8 Å². The van der Waals surface area contributed by atoms with Gasteiger partial charge in [-0.15, -0.1) is 6.58 Å². The molecule has 0 aliphatic rings. The third kappa shape index (κ3) is 4.50. The molecule has 4 nitrogen and oxygen atoms in total. The first-order valence-corrected chi connectivity index (χ1v) is 5.78. The van der Waals surface area contributed by atoms with Crippen LogP contribution in [-0.4, -0.2) is 9.64 Å². The molecule has 1 heterocycles. The summed E-state index contributed by atoms with van der Waals surface area (Å²) in [5.41, 5.74) is 1.10. The molecule has 0 atom stereocenters. The van der Waals surface area contributed by atoms with Crippen molar-refractivity contribution in [1.82, 2.24) is 4.98 Å². The summed E-state index contributed by atoms with van der Waals surface area (Å²) in [4.78, 5) is 4.33. The van der Waals surface area contributed by atoms with Gasteiger partial charge in [-0.1, -0.05) is 30.3 Å². The van der Waals surface area contributed by atoms with Crippen molar-refractivity contribution in [3.8, 4) is 0 Å². The molecule has 0 aliphatic carbocycles. The minimum Gasteiger partial charge on any atom is -0.321 e. The quantitative estimate of drug-likeness (QED) is 0.766. The van der Waals surface area contributed by atoms with Crippen molar-refractivity contribution in [3.63, 3.8) is 0 Å². The highest BCUT2D eigenvalue weighted by Gasteiger charge is 1.98. The summed E-state index contributed by atoms with van der Waals surface area (Å²) in [7, 11) is -2.60. The van der Waals surface area contributed by atoms with Crippen LogP contribution in [0.5, 0.6) is 0 Å². The molecule has 2 aromatic rings. The standard InChI is InChI=1S/C12H11N.ClHO3/c1-2-5-12-11-7-4-3-6-10(11)8-9-13-12;2-1(3)4/h2-4,6-9H,1,5H2;2H. The van der Waals surface area contributed by atoms with Gasteiger partial charge in [-0.3, -0.25) is 4.98 Å². The molecule has 0 fully saturated rings. The van der Waals surface area contributed by atoms with Crippen LogP contribution in [0.3, 0.4) is 0 Å². The number of hydrogen-bond acceptors (Lipinski definition) is 4. The zero-order valence-corrected chi connectivity index (χ0v) is 9.80. The van der Waals surface area contributed by atoms with E-state index in [0.717, 1.165) is 12.1 Å². The smallest absolute Gasteiger partial charge is 0.282 e. The summed E-state index contributed by atoms with van der Waals surface area (Å²) in [6, 6.07) is 10.3. The largest absolute Gasteiger partial charge is 0.321 e. The minimum atomic E-state index is -2.60. The molecule has 90 valence electrons. The fourth-order valence-corrected chi connectivity index (χ4v) is 1.48. The van der Waals surface area contributed by atoms with Crippen LogP contribution in [0.25, 0.3) is 10.8 Å². The Hall–Kier alpha value is -1.46. The predicted octanol–water partition coefficient (Wildman–Crippen LogP) is 0.0283. The summed E-state index contributed by atoms with van der Waals surface area (Å²) in [6.07, 6.45) is 4.57. The number of nitrogens with zero attached hydrogens (tertiary/aromatic N) is 1. The second-order valence-electron chi connectivity index (χ2n) is 3.17. The third-order valence-corrected chi connectivity index (χ3v) is 2.09. The van der Waals surface area contributed by atoms with Crippen LogP contribution in [0.1, 0.15) is 5.69 Å². The van der Waals surface area contributed by atoms with Crippen molar-refractivity contribution in [2.24, 2.45) is 0 Å².